The summed E-state index contributed by atoms with van der Waals surface area (Å²) in [7, 11) is 1.46. The molecule has 2 heterocycles. The van der Waals surface area contributed by atoms with Crippen LogP contribution in [0, 0.1) is 5.82 Å². The summed E-state index contributed by atoms with van der Waals surface area (Å²) in [5, 5.41) is 2.95. The molecule has 136 valence electrons. The number of carbonyl (C=O) groups excluding carboxylic acids is 2. The van der Waals surface area contributed by atoms with Crippen LogP contribution in [0.1, 0.15) is 33.6 Å². The zero-order valence-electron chi connectivity index (χ0n) is 14.4. The van der Waals surface area contributed by atoms with Gasteiger partial charge in [0, 0.05) is 25.3 Å². The van der Waals surface area contributed by atoms with E-state index in [0.29, 0.717) is 31.5 Å². The van der Waals surface area contributed by atoms with Crippen molar-refractivity contribution in [3.8, 4) is 5.88 Å². The molecule has 2 amide bonds. The van der Waals surface area contributed by atoms with Gasteiger partial charge in [-0.05, 0) is 37.1 Å². The summed E-state index contributed by atoms with van der Waals surface area (Å²) in [6, 6.07) is 9.23. The zero-order valence-corrected chi connectivity index (χ0v) is 14.4. The molecule has 1 aliphatic rings. The second-order valence-corrected chi connectivity index (χ2v) is 6.08. The predicted molar refractivity (Wildman–Crippen MR) is 93.6 cm³/mol. The first-order chi connectivity index (χ1) is 12.6. The molecule has 2 aromatic rings. The lowest BCUT2D eigenvalue weighted by atomic mass is 10.0. The van der Waals surface area contributed by atoms with Crippen molar-refractivity contribution >= 4 is 11.8 Å². The number of ether oxygens (including phenoxy) is 1. The number of benzene rings is 1. The van der Waals surface area contributed by atoms with Crippen LogP contribution in [0.4, 0.5) is 4.39 Å². The Hall–Kier alpha value is -2.96. The fourth-order valence-corrected chi connectivity index (χ4v) is 3.02. The lowest BCUT2D eigenvalue weighted by Gasteiger charge is -2.32. The van der Waals surface area contributed by atoms with Crippen molar-refractivity contribution in [1.82, 2.24) is 15.2 Å². The summed E-state index contributed by atoms with van der Waals surface area (Å²) in [6.45, 7) is 0.921. The van der Waals surface area contributed by atoms with Crippen molar-refractivity contribution in [1.29, 1.82) is 0 Å². The maximum Gasteiger partial charge on any atom is 0.256 e. The average molecular weight is 357 g/mol. The van der Waals surface area contributed by atoms with Gasteiger partial charge in [-0.2, -0.15) is 0 Å². The molecule has 6 nitrogen and oxygen atoms in total. The minimum atomic E-state index is -0.517. The van der Waals surface area contributed by atoms with E-state index in [-0.39, 0.29) is 29.3 Å². The Kier molecular flexibility index (Phi) is 5.46. The first-order valence-electron chi connectivity index (χ1n) is 8.44. The summed E-state index contributed by atoms with van der Waals surface area (Å²) in [5.41, 5.74) is 0.454. The van der Waals surface area contributed by atoms with Gasteiger partial charge < -0.3 is 15.0 Å². The molecule has 26 heavy (non-hydrogen) atoms. The standard InChI is InChI=1S/C19H20FN3O3/c1-26-18-15(6-4-10-21-18)17(24)22-13-8-11-23(12-9-13)19(25)14-5-2-3-7-16(14)20/h2-7,10,13H,8-9,11-12H2,1H3,(H,22,24). The molecule has 3 rings (SSSR count). The van der Waals surface area contributed by atoms with Gasteiger partial charge in [0.2, 0.25) is 5.88 Å². The van der Waals surface area contributed by atoms with Crippen molar-refractivity contribution < 1.29 is 18.7 Å². The molecule has 1 aliphatic heterocycles. The third kappa shape index (κ3) is 3.82. The highest BCUT2D eigenvalue weighted by Crippen LogP contribution is 2.18. The number of carbonyl (C=O) groups is 2. The Morgan fingerprint density at radius 2 is 1.85 bits per heavy atom. The molecule has 0 atom stereocenters. The average Bonchev–Trinajstić information content (AvgIpc) is 2.68. The van der Waals surface area contributed by atoms with Crippen LogP contribution in [0.2, 0.25) is 0 Å². The van der Waals surface area contributed by atoms with E-state index in [1.165, 1.54) is 19.2 Å². The van der Waals surface area contributed by atoms with E-state index in [1.807, 2.05) is 0 Å². The smallest absolute Gasteiger partial charge is 0.256 e. The van der Waals surface area contributed by atoms with Gasteiger partial charge in [-0.1, -0.05) is 12.1 Å². The number of likely N-dealkylation sites (tertiary alicyclic amines) is 1. The maximum atomic E-state index is 13.8. The Morgan fingerprint density at radius 3 is 2.54 bits per heavy atom. The number of methoxy groups -OCH3 is 1. The SMILES string of the molecule is COc1ncccc1C(=O)NC1CCN(C(=O)c2ccccc2F)CC1. The highest BCUT2D eigenvalue weighted by molar-refractivity contribution is 5.96. The van der Waals surface area contributed by atoms with Crippen molar-refractivity contribution in [2.45, 2.75) is 18.9 Å². The fraction of sp³-hybridized carbons (Fsp3) is 0.316. The predicted octanol–water partition coefficient (Wildman–Crippen LogP) is 2.26. The number of hydrogen-bond donors (Lipinski definition) is 1. The molecule has 0 radical (unpaired) electrons. The van der Waals surface area contributed by atoms with Crippen LogP contribution < -0.4 is 10.1 Å². The monoisotopic (exact) mass is 357 g/mol. The third-order valence-electron chi connectivity index (χ3n) is 4.43. The number of hydrogen-bond acceptors (Lipinski definition) is 4. The summed E-state index contributed by atoms with van der Waals surface area (Å²) in [5.74, 6) is -0.815. The summed E-state index contributed by atoms with van der Waals surface area (Å²) < 4.78 is 18.9. The molecule has 1 aromatic carbocycles. The number of piperidine rings is 1. The van der Waals surface area contributed by atoms with Gasteiger partial charge in [-0.15, -0.1) is 0 Å². The van der Waals surface area contributed by atoms with Crippen LogP contribution in [0.25, 0.3) is 0 Å². The topological polar surface area (TPSA) is 71.5 Å². The van der Waals surface area contributed by atoms with Crippen LogP contribution >= 0.6 is 0 Å². The van der Waals surface area contributed by atoms with Gasteiger partial charge in [0.1, 0.15) is 11.4 Å². The van der Waals surface area contributed by atoms with E-state index in [2.05, 4.69) is 10.3 Å². The summed E-state index contributed by atoms with van der Waals surface area (Å²) >= 11 is 0. The van der Waals surface area contributed by atoms with E-state index in [1.54, 1.807) is 35.4 Å². The molecule has 0 saturated carbocycles. The lowest BCUT2D eigenvalue weighted by Crippen LogP contribution is -2.46. The number of amides is 2. The van der Waals surface area contributed by atoms with E-state index in [9.17, 15) is 14.0 Å². The normalized spacial score (nSPS) is 14.8. The zero-order chi connectivity index (χ0) is 18.5. The van der Waals surface area contributed by atoms with Crippen LogP contribution in [0.15, 0.2) is 42.6 Å². The minimum Gasteiger partial charge on any atom is -0.480 e. The Balaban J connectivity index is 1.58. The highest BCUT2D eigenvalue weighted by atomic mass is 19.1. The molecule has 1 aromatic heterocycles. The van der Waals surface area contributed by atoms with Crippen LogP contribution in [0.5, 0.6) is 5.88 Å². The number of aromatic nitrogens is 1. The molecule has 0 aliphatic carbocycles. The Labute approximate surface area is 151 Å². The van der Waals surface area contributed by atoms with Crippen LogP contribution in [0.3, 0.4) is 0 Å². The molecule has 0 bridgehead atoms. The van der Waals surface area contributed by atoms with Crippen molar-refractivity contribution in [3.05, 3.63) is 59.5 Å². The quantitative estimate of drug-likeness (QED) is 0.911. The number of rotatable bonds is 4. The van der Waals surface area contributed by atoms with Crippen molar-refractivity contribution in [2.24, 2.45) is 0 Å². The van der Waals surface area contributed by atoms with E-state index >= 15 is 0 Å². The van der Waals surface area contributed by atoms with Gasteiger partial charge in [0.15, 0.2) is 0 Å². The number of halogens is 1. The van der Waals surface area contributed by atoms with E-state index in [0.717, 1.165) is 0 Å². The number of nitrogens with zero attached hydrogens (tertiary/aromatic N) is 2. The second kappa shape index (κ2) is 7.95. The fourth-order valence-electron chi connectivity index (χ4n) is 3.02. The minimum absolute atomic E-state index is 0.0583. The van der Waals surface area contributed by atoms with Gasteiger partial charge in [0.05, 0.1) is 12.7 Å². The number of pyridine rings is 1. The second-order valence-electron chi connectivity index (χ2n) is 6.08. The Bertz CT molecular complexity index is 804. The Morgan fingerprint density at radius 1 is 1.15 bits per heavy atom. The molecule has 0 unspecified atom stereocenters. The van der Waals surface area contributed by atoms with Crippen LogP contribution in [-0.2, 0) is 0 Å². The third-order valence-corrected chi connectivity index (χ3v) is 4.43. The number of nitrogens with one attached hydrogen (secondary N) is 1. The first kappa shape index (κ1) is 17.8. The molecule has 0 spiro atoms. The van der Waals surface area contributed by atoms with E-state index < -0.39 is 5.82 Å². The van der Waals surface area contributed by atoms with E-state index in [4.69, 9.17) is 4.74 Å². The molecule has 7 heteroatoms. The molecule has 1 saturated heterocycles. The molecule has 1 fully saturated rings. The largest absolute Gasteiger partial charge is 0.480 e. The lowest BCUT2D eigenvalue weighted by molar-refractivity contribution is 0.0693. The maximum absolute atomic E-state index is 13.8. The van der Waals surface area contributed by atoms with Crippen molar-refractivity contribution in [2.75, 3.05) is 20.2 Å². The van der Waals surface area contributed by atoms with Crippen molar-refractivity contribution in [3.63, 3.8) is 0 Å². The molecular formula is C19H20FN3O3. The van der Waals surface area contributed by atoms with Gasteiger partial charge >= 0.3 is 0 Å². The summed E-state index contributed by atoms with van der Waals surface area (Å²) in [4.78, 5) is 30.5. The molecular weight excluding hydrogens is 337 g/mol. The highest BCUT2D eigenvalue weighted by Gasteiger charge is 2.26. The first-order valence-corrected chi connectivity index (χ1v) is 8.44. The van der Waals surface area contributed by atoms with Gasteiger partial charge in [-0.3, -0.25) is 9.59 Å². The van der Waals surface area contributed by atoms with Gasteiger partial charge in [0.25, 0.3) is 11.8 Å². The molecule has 1 N–H and O–H groups in total. The van der Waals surface area contributed by atoms with Crippen LogP contribution in [-0.4, -0.2) is 47.9 Å². The van der Waals surface area contributed by atoms with Gasteiger partial charge in [-0.25, -0.2) is 9.37 Å². The summed E-state index contributed by atoms with van der Waals surface area (Å²) in [6.07, 6.45) is 2.77.